The fourth-order valence-electron chi connectivity index (χ4n) is 2.98. The normalized spacial score (nSPS) is 11.3. The number of aliphatic hydroxyl groups is 2. The molecule has 0 atom stereocenters. The summed E-state index contributed by atoms with van der Waals surface area (Å²) in [4.78, 5) is 0. The van der Waals surface area contributed by atoms with Gasteiger partial charge < -0.3 is 10.2 Å². The molecule has 0 aliphatic rings. The van der Waals surface area contributed by atoms with Gasteiger partial charge in [0.2, 0.25) is 0 Å². The van der Waals surface area contributed by atoms with E-state index in [0.717, 1.165) is 11.1 Å². The van der Waals surface area contributed by atoms with Crippen LogP contribution in [0.3, 0.4) is 0 Å². The van der Waals surface area contributed by atoms with Crippen molar-refractivity contribution in [2.45, 2.75) is 12.8 Å². The van der Waals surface area contributed by atoms with Crippen LogP contribution in [-0.4, -0.2) is 23.4 Å². The van der Waals surface area contributed by atoms with Crippen LogP contribution in [0, 0.1) is 0 Å². The first kappa shape index (κ1) is 13.1. The average molecular weight is 266 g/mol. The lowest BCUT2D eigenvalue weighted by atomic mass is 9.91. The summed E-state index contributed by atoms with van der Waals surface area (Å²) in [5.74, 6) is 0. The van der Waals surface area contributed by atoms with Gasteiger partial charge >= 0.3 is 0 Å². The van der Waals surface area contributed by atoms with Crippen LogP contribution in [0.2, 0.25) is 0 Å². The van der Waals surface area contributed by atoms with Gasteiger partial charge in [0.05, 0.1) is 0 Å². The number of fused-ring (bicyclic) bond motifs is 3. The van der Waals surface area contributed by atoms with Crippen molar-refractivity contribution in [2.24, 2.45) is 0 Å². The lowest BCUT2D eigenvalue weighted by Gasteiger charge is -2.13. The number of hydrogen-bond acceptors (Lipinski definition) is 2. The van der Waals surface area contributed by atoms with Crippen molar-refractivity contribution in [3.63, 3.8) is 0 Å². The van der Waals surface area contributed by atoms with Crippen molar-refractivity contribution in [1.29, 1.82) is 0 Å². The minimum Gasteiger partial charge on any atom is -0.396 e. The molecule has 0 spiro atoms. The molecule has 0 bridgehead atoms. The monoisotopic (exact) mass is 266 g/mol. The van der Waals surface area contributed by atoms with Gasteiger partial charge in [-0.3, -0.25) is 0 Å². The van der Waals surface area contributed by atoms with Crippen LogP contribution in [0.5, 0.6) is 0 Å². The summed E-state index contributed by atoms with van der Waals surface area (Å²) < 4.78 is 0. The second kappa shape index (κ2) is 5.61. The summed E-state index contributed by atoms with van der Waals surface area (Å²) in [7, 11) is 0. The van der Waals surface area contributed by atoms with E-state index in [1.165, 1.54) is 21.5 Å². The molecule has 2 heteroatoms. The Hall–Kier alpha value is -1.90. The predicted octanol–water partition coefficient (Wildman–Crippen LogP) is 3.06. The largest absolute Gasteiger partial charge is 0.396 e. The number of benzene rings is 3. The Kier molecular flexibility index (Phi) is 3.68. The lowest BCUT2D eigenvalue weighted by molar-refractivity contribution is 0.299. The van der Waals surface area contributed by atoms with Crippen molar-refractivity contribution in [2.75, 3.05) is 13.2 Å². The SMILES string of the molecule is OCCc1cccc2c1c(CCO)cc1ccccc12. The molecule has 3 aromatic rings. The molecule has 0 aliphatic carbocycles. The Morgan fingerprint density at radius 3 is 2.20 bits per heavy atom. The van der Waals surface area contributed by atoms with Crippen molar-refractivity contribution < 1.29 is 10.2 Å². The van der Waals surface area contributed by atoms with E-state index in [-0.39, 0.29) is 13.2 Å². The minimum absolute atomic E-state index is 0.140. The minimum atomic E-state index is 0.140. The number of rotatable bonds is 4. The zero-order chi connectivity index (χ0) is 13.9. The van der Waals surface area contributed by atoms with Crippen LogP contribution >= 0.6 is 0 Å². The van der Waals surface area contributed by atoms with Gasteiger partial charge in [-0.05, 0) is 45.5 Å². The molecule has 0 heterocycles. The molecule has 0 aliphatic heterocycles. The van der Waals surface area contributed by atoms with E-state index in [4.69, 9.17) is 0 Å². The van der Waals surface area contributed by atoms with Crippen molar-refractivity contribution in [3.05, 3.63) is 59.7 Å². The number of hydrogen-bond donors (Lipinski definition) is 2. The van der Waals surface area contributed by atoms with E-state index < -0.39 is 0 Å². The van der Waals surface area contributed by atoms with Crippen molar-refractivity contribution >= 4 is 21.5 Å². The first-order valence-electron chi connectivity index (χ1n) is 6.99. The van der Waals surface area contributed by atoms with Gasteiger partial charge in [0.15, 0.2) is 0 Å². The molecule has 102 valence electrons. The van der Waals surface area contributed by atoms with Crippen molar-refractivity contribution in [1.82, 2.24) is 0 Å². The third kappa shape index (κ3) is 2.17. The maximum atomic E-state index is 9.32. The summed E-state index contributed by atoms with van der Waals surface area (Å²) in [6.07, 6.45) is 1.29. The third-order valence-corrected chi connectivity index (χ3v) is 3.81. The Labute approximate surface area is 118 Å². The van der Waals surface area contributed by atoms with Crippen LogP contribution < -0.4 is 0 Å². The standard InChI is InChI=1S/C18H18O2/c19-10-8-13-5-3-7-17-16-6-2-1-4-14(16)12-15(9-11-20)18(13)17/h1-7,12,19-20H,8-11H2. The van der Waals surface area contributed by atoms with E-state index in [1.54, 1.807) is 0 Å². The average Bonchev–Trinajstić information content (AvgIpc) is 2.48. The van der Waals surface area contributed by atoms with Gasteiger partial charge in [-0.1, -0.05) is 48.5 Å². The van der Waals surface area contributed by atoms with Crippen molar-refractivity contribution in [3.8, 4) is 0 Å². The van der Waals surface area contributed by atoms with Crippen LogP contribution in [0.15, 0.2) is 48.5 Å². The molecule has 0 fully saturated rings. The molecule has 2 N–H and O–H groups in total. The second-order valence-corrected chi connectivity index (χ2v) is 5.04. The molecule has 2 nitrogen and oxygen atoms in total. The first-order chi connectivity index (χ1) is 9.85. The summed E-state index contributed by atoms with van der Waals surface area (Å²) in [5, 5.41) is 23.4. The first-order valence-corrected chi connectivity index (χ1v) is 6.99. The molecule has 20 heavy (non-hydrogen) atoms. The molecule has 0 unspecified atom stereocenters. The van der Waals surface area contributed by atoms with Crippen LogP contribution in [0.25, 0.3) is 21.5 Å². The van der Waals surface area contributed by atoms with E-state index in [9.17, 15) is 10.2 Å². The summed E-state index contributed by atoms with van der Waals surface area (Å²) in [6, 6.07) is 16.7. The van der Waals surface area contributed by atoms with Gasteiger partial charge in [-0.25, -0.2) is 0 Å². The predicted molar refractivity (Wildman–Crippen MR) is 83.0 cm³/mol. The zero-order valence-electron chi connectivity index (χ0n) is 11.3. The van der Waals surface area contributed by atoms with E-state index in [1.807, 2.05) is 18.2 Å². The van der Waals surface area contributed by atoms with Gasteiger partial charge in [0.1, 0.15) is 0 Å². The Balaban J connectivity index is 2.41. The Morgan fingerprint density at radius 2 is 1.40 bits per heavy atom. The maximum Gasteiger partial charge on any atom is 0.0471 e. The maximum absolute atomic E-state index is 9.32. The molecule has 0 saturated carbocycles. The fourth-order valence-corrected chi connectivity index (χ4v) is 2.98. The molecular weight excluding hydrogens is 248 g/mol. The molecule has 3 aromatic carbocycles. The Morgan fingerprint density at radius 1 is 0.700 bits per heavy atom. The van der Waals surface area contributed by atoms with Crippen LogP contribution in [0.1, 0.15) is 11.1 Å². The molecule has 3 rings (SSSR count). The van der Waals surface area contributed by atoms with Gasteiger partial charge in [0, 0.05) is 13.2 Å². The topological polar surface area (TPSA) is 40.5 Å². The summed E-state index contributed by atoms with van der Waals surface area (Å²) >= 11 is 0. The second-order valence-electron chi connectivity index (χ2n) is 5.04. The molecule has 0 radical (unpaired) electrons. The quantitative estimate of drug-likeness (QED) is 0.712. The summed E-state index contributed by atoms with van der Waals surface area (Å²) in [5.41, 5.74) is 2.31. The Bertz CT molecular complexity index is 747. The smallest absolute Gasteiger partial charge is 0.0471 e. The fraction of sp³-hybridized carbons (Fsp3) is 0.222. The molecular formula is C18H18O2. The van der Waals surface area contributed by atoms with Crippen LogP contribution in [-0.2, 0) is 12.8 Å². The summed E-state index contributed by atoms with van der Waals surface area (Å²) in [6.45, 7) is 0.283. The zero-order valence-corrected chi connectivity index (χ0v) is 11.3. The van der Waals surface area contributed by atoms with E-state index >= 15 is 0 Å². The molecule has 0 amide bonds. The third-order valence-electron chi connectivity index (χ3n) is 3.81. The van der Waals surface area contributed by atoms with Gasteiger partial charge in [-0.15, -0.1) is 0 Å². The highest BCUT2D eigenvalue weighted by molar-refractivity contribution is 6.10. The number of aliphatic hydroxyl groups excluding tert-OH is 2. The highest BCUT2D eigenvalue weighted by Crippen LogP contribution is 2.31. The van der Waals surface area contributed by atoms with Gasteiger partial charge in [-0.2, -0.15) is 0 Å². The lowest BCUT2D eigenvalue weighted by Crippen LogP contribution is -1.98. The van der Waals surface area contributed by atoms with Gasteiger partial charge in [0.25, 0.3) is 0 Å². The molecule has 0 saturated heterocycles. The highest BCUT2D eigenvalue weighted by atomic mass is 16.3. The van der Waals surface area contributed by atoms with E-state index in [0.29, 0.717) is 12.8 Å². The highest BCUT2D eigenvalue weighted by Gasteiger charge is 2.09. The molecule has 0 aromatic heterocycles. The van der Waals surface area contributed by atoms with Crippen LogP contribution in [0.4, 0.5) is 0 Å². The van der Waals surface area contributed by atoms with E-state index in [2.05, 4.69) is 30.3 Å².